The largest absolute Gasteiger partial charge is 0.464 e. The number of hydrogen-bond acceptors (Lipinski definition) is 5. The zero-order valence-electron chi connectivity index (χ0n) is 11.9. The Morgan fingerprint density at radius 1 is 1.35 bits per heavy atom. The average Bonchev–Trinajstić information content (AvgIpc) is 3.11. The van der Waals surface area contributed by atoms with Crippen LogP contribution in [0, 0.1) is 6.92 Å². The molecule has 2 aromatic rings. The standard InChI is InChI=1S/C15H19N3O2/c1-11-3-4-13(20-11)8-18(2)15-7-14(16-10-17-15)12-5-6-19-9-12/h3-4,7,10,12H,5-6,8-9H2,1-2H3. The lowest BCUT2D eigenvalue weighted by molar-refractivity contribution is 0.193. The number of anilines is 1. The smallest absolute Gasteiger partial charge is 0.132 e. The molecule has 1 fully saturated rings. The summed E-state index contributed by atoms with van der Waals surface area (Å²) in [7, 11) is 2.01. The van der Waals surface area contributed by atoms with Gasteiger partial charge in [0.05, 0.1) is 18.8 Å². The van der Waals surface area contributed by atoms with Crippen molar-refractivity contribution in [1.82, 2.24) is 9.97 Å². The van der Waals surface area contributed by atoms with Crippen molar-refractivity contribution in [3.63, 3.8) is 0 Å². The number of hydrogen-bond donors (Lipinski definition) is 0. The fraction of sp³-hybridized carbons (Fsp3) is 0.467. The third-order valence-electron chi connectivity index (χ3n) is 3.60. The third kappa shape index (κ3) is 2.82. The van der Waals surface area contributed by atoms with Crippen LogP contribution in [0.15, 0.2) is 28.9 Å². The van der Waals surface area contributed by atoms with Gasteiger partial charge in [-0.1, -0.05) is 0 Å². The van der Waals surface area contributed by atoms with Crippen LogP contribution >= 0.6 is 0 Å². The van der Waals surface area contributed by atoms with Crippen LogP contribution in [0.5, 0.6) is 0 Å². The fourth-order valence-corrected chi connectivity index (χ4v) is 2.45. The molecule has 1 unspecified atom stereocenters. The minimum atomic E-state index is 0.399. The highest BCUT2D eigenvalue weighted by atomic mass is 16.5. The van der Waals surface area contributed by atoms with Crippen molar-refractivity contribution in [2.24, 2.45) is 0 Å². The van der Waals surface area contributed by atoms with Gasteiger partial charge >= 0.3 is 0 Å². The van der Waals surface area contributed by atoms with E-state index in [9.17, 15) is 0 Å². The molecule has 106 valence electrons. The minimum Gasteiger partial charge on any atom is -0.464 e. The molecule has 0 spiro atoms. The Morgan fingerprint density at radius 3 is 2.95 bits per heavy atom. The molecule has 0 aliphatic carbocycles. The second-order valence-corrected chi connectivity index (χ2v) is 5.23. The molecule has 2 aromatic heterocycles. The number of rotatable bonds is 4. The van der Waals surface area contributed by atoms with Gasteiger partial charge in [-0.3, -0.25) is 0 Å². The molecule has 1 aliphatic rings. The predicted octanol–water partition coefficient (Wildman–Crippen LogP) is 2.52. The summed E-state index contributed by atoms with van der Waals surface area (Å²) in [5.41, 5.74) is 1.06. The van der Waals surface area contributed by atoms with E-state index >= 15 is 0 Å². The molecule has 0 saturated carbocycles. The summed E-state index contributed by atoms with van der Waals surface area (Å²) in [6.45, 7) is 4.24. The molecule has 5 nitrogen and oxygen atoms in total. The maximum atomic E-state index is 5.60. The Kier molecular flexibility index (Phi) is 3.69. The third-order valence-corrected chi connectivity index (χ3v) is 3.60. The quantitative estimate of drug-likeness (QED) is 0.856. The van der Waals surface area contributed by atoms with Crippen molar-refractivity contribution in [3.05, 3.63) is 41.7 Å². The van der Waals surface area contributed by atoms with Crippen LogP contribution in [0.1, 0.15) is 29.6 Å². The minimum absolute atomic E-state index is 0.399. The summed E-state index contributed by atoms with van der Waals surface area (Å²) in [6.07, 6.45) is 2.67. The highest BCUT2D eigenvalue weighted by molar-refractivity contribution is 5.39. The van der Waals surface area contributed by atoms with E-state index in [2.05, 4.69) is 20.9 Å². The Balaban J connectivity index is 1.73. The van der Waals surface area contributed by atoms with Gasteiger partial charge in [-0.05, 0) is 25.5 Å². The van der Waals surface area contributed by atoms with E-state index in [1.165, 1.54) is 0 Å². The van der Waals surface area contributed by atoms with E-state index < -0.39 is 0 Å². The van der Waals surface area contributed by atoms with E-state index in [0.717, 1.165) is 42.7 Å². The molecule has 3 rings (SSSR count). The van der Waals surface area contributed by atoms with Gasteiger partial charge in [-0.25, -0.2) is 9.97 Å². The van der Waals surface area contributed by atoms with Gasteiger partial charge in [-0.2, -0.15) is 0 Å². The van der Waals surface area contributed by atoms with Crippen molar-refractivity contribution >= 4 is 5.82 Å². The molecule has 5 heteroatoms. The SMILES string of the molecule is Cc1ccc(CN(C)c2cc(C3CCOC3)ncn2)o1. The molecule has 0 amide bonds. The normalized spacial score (nSPS) is 18.4. The number of ether oxygens (including phenoxy) is 1. The molecule has 0 bridgehead atoms. The number of aryl methyl sites for hydroxylation is 1. The zero-order chi connectivity index (χ0) is 13.9. The monoisotopic (exact) mass is 273 g/mol. The first kappa shape index (κ1) is 13.1. The Bertz CT molecular complexity index is 576. The van der Waals surface area contributed by atoms with Crippen molar-refractivity contribution in [3.8, 4) is 0 Å². The highest BCUT2D eigenvalue weighted by Gasteiger charge is 2.20. The molecule has 1 saturated heterocycles. The van der Waals surface area contributed by atoms with Crippen molar-refractivity contribution in [2.45, 2.75) is 25.8 Å². The van der Waals surface area contributed by atoms with Gasteiger partial charge in [0.15, 0.2) is 0 Å². The van der Waals surface area contributed by atoms with Crippen LogP contribution in [-0.2, 0) is 11.3 Å². The molecule has 1 aliphatic heterocycles. The first-order valence-electron chi connectivity index (χ1n) is 6.88. The van der Waals surface area contributed by atoms with E-state index in [4.69, 9.17) is 9.15 Å². The molecule has 0 radical (unpaired) electrons. The molecule has 3 heterocycles. The Morgan fingerprint density at radius 2 is 2.25 bits per heavy atom. The first-order chi connectivity index (χ1) is 9.72. The van der Waals surface area contributed by atoms with Crippen LogP contribution in [0.2, 0.25) is 0 Å². The Labute approximate surface area is 118 Å². The summed E-state index contributed by atoms with van der Waals surface area (Å²) in [4.78, 5) is 10.8. The lowest BCUT2D eigenvalue weighted by atomic mass is 10.0. The van der Waals surface area contributed by atoms with E-state index in [1.807, 2.05) is 26.1 Å². The van der Waals surface area contributed by atoms with Crippen molar-refractivity contribution < 1.29 is 9.15 Å². The van der Waals surface area contributed by atoms with Crippen molar-refractivity contribution in [1.29, 1.82) is 0 Å². The predicted molar refractivity (Wildman–Crippen MR) is 75.8 cm³/mol. The maximum Gasteiger partial charge on any atom is 0.132 e. The fourth-order valence-electron chi connectivity index (χ4n) is 2.45. The lowest BCUT2D eigenvalue weighted by Crippen LogP contribution is -2.18. The van der Waals surface area contributed by atoms with Crippen LogP contribution < -0.4 is 4.90 Å². The topological polar surface area (TPSA) is 51.4 Å². The van der Waals surface area contributed by atoms with Gasteiger partial charge in [-0.15, -0.1) is 0 Å². The van der Waals surface area contributed by atoms with Crippen LogP contribution in [0.25, 0.3) is 0 Å². The van der Waals surface area contributed by atoms with E-state index in [-0.39, 0.29) is 0 Å². The molecule has 1 atom stereocenters. The van der Waals surface area contributed by atoms with Crippen molar-refractivity contribution in [2.75, 3.05) is 25.2 Å². The second kappa shape index (κ2) is 5.63. The summed E-state index contributed by atoms with van der Waals surface area (Å²) in [5, 5.41) is 0. The number of furan rings is 1. The van der Waals surface area contributed by atoms with E-state index in [0.29, 0.717) is 12.5 Å². The molecule has 0 aromatic carbocycles. The van der Waals surface area contributed by atoms with Gasteiger partial charge in [0.1, 0.15) is 23.7 Å². The zero-order valence-corrected chi connectivity index (χ0v) is 11.9. The maximum absolute atomic E-state index is 5.60. The Hall–Kier alpha value is -1.88. The lowest BCUT2D eigenvalue weighted by Gasteiger charge is -2.18. The molecule has 0 N–H and O–H groups in total. The first-order valence-corrected chi connectivity index (χ1v) is 6.88. The highest BCUT2D eigenvalue weighted by Crippen LogP contribution is 2.25. The van der Waals surface area contributed by atoms with E-state index in [1.54, 1.807) is 6.33 Å². The number of nitrogens with zero attached hydrogens (tertiary/aromatic N) is 3. The van der Waals surface area contributed by atoms with Gasteiger partial charge in [0.2, 0.25) is 0 Å². The van der Waals surface area contributed by atoms with Gasteiger partial charge in [0.25, 0.3) is 0 Å². The summed E-state index contributed by atoms with van der Waals surface area (Å²) in [5.74, 6) is 3.18. The molecular weight excluding hydrogens is 254 g/mol. The summed E-state index contributed by atoms with van der Waals surface area (Å²) in [6, 6.07) is 6.03. The van der Waals surface area contributed by atoms with Crippen LogP contribution in [0.3, 0.4) is 0 Å². The summed E-state index contributed by atoms with van der Waals surface area (Å²) < 4.78 is 11.0. The molecule has 20 heavy (non-hydrogen) atoms. The molecular formula is C15H19N3O2. The number of aromatic nitrogens is 2. The van der Waals surface area contributed by atoms with Crippen LogP contribution in [0.4, 0.5) is 5.82 Å². The average molecular weight is 273 g/mol. The van der Waals surface area contributed by atoms with Gasteiger partial charge < -0.3 is 14.1 Å². The van der Waals surface area contributed by atoms with Crippen LogP contribution in [-0.4, -0.2) is 30.2 Å². The van der Waals surface area contributed by atoms with Gasteiger partial charge in [0, 0.05) is 25.6 Å². The summed E-state index contributed by atoms with van der Waals surface area (Å²) >= 11 is 0. The second-order valence-electron chi connectivity index (χ2n) is 5.23.